The SMILES string of the molecule is CNc1nc(NCCc2ccc(O)cc2)nc2c1nc(-c1ccco1)n2[C@@H]1SC[C@@H](O)[C@H]1O. The molecule has 0 bridgehead atoms. The Bertz CT molecular complexity index is 1240. The Morgan fingerprint density at radius 3 is 2.64 bits per heavy atom. The van der Waals surface area contributed by atoms with Gasteiger partial charge in [-0.15, -0.1) is 11.8 Å². The maximum Gasteiger partial charge on any atom is 0.226 e. The molecule has 11 heteroatoms. The number of anilines is 2. The van der Waals surface area contributed by atoms with Crippen molar-refractivity contribution in [1.82, 2.24) is 19.5 Å². The van der Waals surface area contributed by atoms with Gasteiger partial charge in [-0.1, -0.05) is 12.1 Å². The fourth-order valence-electron chi connectivity index (χ4n) is 3.84. The van der Waals surface area contributed by atoms with Crippen molar-refractivity contribution in [2.45, 2.75) is 24.0 Å². The fourth-order valence-corrected chi connectivity index (χ4v) is 5.16. The van der Waals surface area contributed by atoms with E-state index in [4.69, 9.17) is 14.4 Å². The number of phenolic OH excluding ortho intramolecular Hbond substituents is 1. The normalized spacial score (nSPS) is 20.4. The summed E-state index contributed by atoms with van der Waals surface area (Å²) in [6, 6.07) is 10.6. The fraction of sp³-hybridized carbons (Fsp3) is 0.318. The number of thioether (sulfide) groups is 1. The molecule has 3 aromatic heterocycles. The summed E-state index contributed by atoms with van der Waals surface area (Å²) in [5.74, 6) is 2.63. The molecule has 4 aromatic rings. The van der Waals surface area contributed by atoms with Crippen LogP contribution < -0.4 is 10.6 Å². The van der Waals surface area contributed by atoms with Gasteiger partial charge >= 0.3 is 0 Å². The highest BCUT2D eigenvalue weighted by molar-refractivity contribution is 7.99. The van der Waals surface area contributed by atoms with Gasteiger partial charge in [0.1, 0.15) is 17.2 Å². The Hall–Kier alpha value is -3.28. The second kappa shape index (κ2) is 8.93. The molecule has 4 heterocycles. The highest BCUT2D eigenvalue weighted by Crippen LogP contribution is 2.42. The number of benzene rings is 1. The molecule has 3 atom stereocenters. The van der Waals surface area contributed by atoms with Gasteiger partial charge < -0.3 is 30.4 Å². The molecule has 1 fully saturated rings. The molecule has 1 aliphatic heterocycles. The summed E-state index contributed by atoms with van der Waals surface area (Å²) >= 11 is 1.44. The van der Waals surface area contributed by atoms with Crippen LogP contribution in [0.25, 0.3) is 22.7 Å². The second-order valence-corrected chi connectivity index (χ2v) is 8.88. The van der Waals surface area contributed by atoms with Crippen LogP contribution >= 0.6 is 11.8 Å². The molecular formula is C22H24N6O4S. The molecular weight excluding hydrogens is 444 g/mol. The number of aliphatic hydroxyl groups is 2. The number of nitrogens with zero attached hydrogens (tertiary/aromatic N) is 4. The van der Waals surface area contributed by atoms with E-state index >= 15 is 0 Å². The summed E-state index contributed by atoms with van der Waals surface area (Å²) in [7, 11) is 1.76. The number of hydrogen-bond acceptors (Lipinski definition) is 10. The van der Waals surface area contributed by atoms with E-state index in [1.54, 1.807) is 37.6 Å². The van der Waals surface area contributed by atoms with Crippen molar-refractivity contribution in [3.05, 3.63) is 48.2 Å². The summed E-state index contributed by atoms with van der Waals surface area (Å²) in [5.41, 5.74) is 2.14. The zero-order chi connectivity index (χ0) is 22.9. The van der Waals surface area contributed by atoms with Gasteiger partial charge in [-0.05, 0) is 36.2 Å². The van der Waals surface area contributed by atoms with Crippen molar-refractivity contribution >= 4 is 34.7 Å². The van der Waals surface area contributed by atoms with Crippen LogP contribution in [0.5, 0.6) is 5.75 Å². The van der Waals surface area contributed by atoms with Crippen LogP contribution in [0.3, 0.4) is 0 Å². The lowest BCUT2D eigenvalue weighted by molar-refractivity contribution is 0.0316. The minimum atomic E-state index is -0.972. The summed E-state index contributed by atoms with van der Waals surface area (Å²) in [6.07, 6.45) is 0.472. The van der Waals surface area contributed by atoms with Crippen molar-refractivity contribution in [1.29, 1.82) is 0 Å². The third-order valence-electron chi connectivity index (χ3n) is 5.53. The summed E-state index contributed by atoms with van der Waals surface area (Å²) in [4.78, 5) is 14.0. The standard InChI is InChI=1S/C22H24N6O4S/c1-23-18-16-20(27-22(26-18)24-9-8-12-4-6-13(29)7-5-12)28(21-17(31)14(30)11-33-21)19(25-16)15-3-2-10-32-15/h2-7,10,14,17,21,29-31H,8-9,11H2,1H3,(H2,23,24,26,27)/t14-,17-,21-/m1/s1. The lowest BCUT2D eigenvalue weighted by Crippen LogP contribution is -2.28. The minimum absolute atomic E-state index is 0.233. The Morgan fingerprint density at radius 1 is 1.15 bits per heavy atom. The van der Waals surface area contributed by atoms with Crippen molar-refractivity contribution in [2.75, 3.05) is 30.0 Å². The summed E-state index contributed by atoms with van der Waals surface area (Å²) < 4.78 is 7.41. The van der Waals surface area contributed by atoms with Crippen LogP contribution in [-0.2, 0) is 6.42 Å². The molecule has 5 N–H and O–H groups in total. The molecule has 33 heavy (non-hydrogen) atoms. The molecule has 1 saturated heterocycles. The van der Waals surface area contributed by atoms with Crippen LogP contribution in [0.4, 0.5) is 11.8 Å². The molecule has 0 unspecified atom stereocenters. The lowest BCUT2D eigenvalue weighted by atomic mass is 10.1. The highest BCUT2D eigenvalue weighted by Gasteiger charge is 2.39. The summed E-state index contributed by atoms with van der Waals surface area (Å²) in [6.45, 7) is 0.581. The molecule has 0 spiro atoms. The Labute approximate surface area is 193 Å². The van der Waals surface area contributed by atoms with Crippen molar-refractivity contribution in [2.24, 2.45) is 0 Å². The first-order valence-electron chi connectivity index (χ1n) is 10.6. The molecule has 0 radical (unpaired) electrons. The maximum atomic E-state index is 10.7. The van der Waals surface area contributed by atoms with Gasteiger partial charge in [0.25, 0.3) is 0 Å². The van der Waals surface area contributed by atoms with Crippen LogP contribution in [0, 0.1) is 0 Å². The molecule has 0 saturated carbocycles. The molecule has 1 aliphatic rings. The molecule has 172 valence electrons. The van der Waals surface area contributed by atoms with E-state index in [1.807, 2.05) is 16.7 Å². The van der Waals surface area contributed by atoms with Crippen LogP contribution in [0.2, 0.25) is 0 Å². The van der Waals surface area contributed by atoms with Crippen molar-refractivity contribution in [3.8, 4) is 17.3 Å². The number of aromatic hydroxyl groups is 1. The topological polar surface area (TPSA) is 141 Å². The van der Waals surface area contributed by atoms with E-state index < -0.39 is 17.6 Å². The van der Waals surface area contributed by atoms with E-state index in [1.165, 1.54) is 11.8 Å². The number of nitrogens with one attached hydrogen (secondary N) is 2. The molecule has 5 rings (SSSR count). The first-order valence-corrected chi connectivity index (χ1v) is 11.6. The number of fused-ring (bicyclic) bond motifs is 1. The third-order valence-corrected chi connectivity index (χ3v) is 6.89. The average molecular weight is 469 g/mol. The first-order chi connectivity index (χ1) is 16.0. The average Bonchev–Trinajstić information content (AvgIpc) is 3.55. The van der Waals surface area contributed by atoms with Gasteiger partial charge in [-0.2, -0.15) is 9.97 Å². The van der Waals surface area contributed by atoms with Crippen LogP contribution in [0.15, 0.2) is 47.1 Å². The monoisotopic (exact) mass is 468 g/mol. The highest BCUT2D eigenvalue weighted by atomic mass is 32.2. The summed E-state index contributed by atoms with van der Waals surface area (Å²) in [5, 5.41) is 36.1. The van der Waals surface area contributed by atoms with Gasteiger partial charge in [-0.3, -0.25) is 4.57 Å². The first kappa shape index (κ1) is 21.6. The number of hydrogen-bond donors (Lipinski definition) is 5. The predicted molar refractivity (Wildman–Crippen MR) is 126 cm³/mol. The largest absolute Gasteiger partial charge is 0.508 e. The predicted octanol–water partition coefficient (Wildman–Crippen LogP) is 2.46. The smallest absolute Gasteiger partial charge is 0.226 e. The number of aliphatic hydroxyl groups excluding tert-OH is 2. The molecule has 0 amide bonds. The van der Waals surface area contributed by atoms with E-state index in [0.717, 1.165) is 12.0 Å². The van der Waals surface area contributed by atoms with Gasteiger partial charge in [0.05, 0.1) is 12.4 Å². The number of phenols is 1. The van der Waals surface area contributed by atoms with E-state index in [9.17, 15) is 15.3 Å². The van der Waals surface area contributed by atoms with Crippen LogP contribution in [-0.4, -0.2) is 66.4 Å². The Morgan fingerprint density at radius 2 is 1.97 bits per heavy atom. The maximum absolute atomic E-state index is 10.7. The van der Waals surface area contributed by atoms with Crippen molar-refractivity contribution in [3.63, 3.8) is 0 Å². The zero-order valence-electron chi connectivity index (χ0n) is 17.8. The third kappa shape index (κ3) is 4.10. The molecule has 1 aromatic carbocycles. The lowest BCUT2D eigenvalue weighted by Gasteiger charge is -2.19. The second-order valence-electron chi connectivity index (χ2n) is 7.73. The van der Waals surface area contributed by atoms with E-state index in [0.29, 0.717) is 46.8 Å². The minimum Gasteiger partial charge on any atom is -0.508 e. The zero-order valence-corrected chi connectivity index (χ0v) is 18.7. The van der Waals surface area contributed by atoms with Gasteiger partial charge in [-0.25, -0.2) is 4.98 Å². The molecule has 10 nitrogen and oxygen atoms in total. The quantitative estimate of drug-likeness (QED) is 0.275. The Balaban J connectivity index is 1.53. The Kier molecular flexibility index (Phi) is 5.83. The number of rotatable bonds is 7. The van der Waals surface area contributed by atoms with E-state index in [-0.39, 0.29) is 5.75 Å². The molecule has 0 aliphatic carbocycles. The van der Waals surface area contributed by atoms with Gasteiger partial charge in [0.2, 0.25) is 5.95 Å². The van der Waals surface area contributed by atoms with Crippen molar-refractivity contribution < 1.29 is 19.7 Å². The van der Waals surface area contributed by atoms with E-state index in [2.05, 4.69) is 15.6 Å². The number of furan rings is 1. The van der Waals surface area contributed by atoms with Gasteiger partial charge in [0, 0.05) is 19.3 Å². The van der Waals surface area contributed by atoms with Gasteiger partial charge in [0.15, 0.2) is 28.6 Å². The number of aromatic nitrogens is 4. The van der Waals surface area contributed by atoms with Crippen LogP contribution in [0.1, 0.15) is 10.9 Å². The number of imidazole rings is 1.